The summed E-state index contributed by atoms with van der Waals surface area (Å²) in [7, 11) is 4.97. The minimum absolute atomic E-state index is 0.00817. The number of likely N-dealkylation sites (N-methyl/N-ethyl adjacent to an activating group) is 1. The number of amides is 2. The summed E-state index contributed by atoms with van der Waals surface area (Å²) in [6.45, 7) is 3.31. The van der Waals surface area contributed by atoms with Crippen LogP contribution in [0, 0.1) is 5.82 Å². The minimum Gasteiger partial charge on any atom is -0.495 e. The van der Waals surface area contributed by atoms with Crippen molar-refractivity contribution in [2.45, 2.75) is 31.5 Å². The summed E-state index contributed by atoms with van der Waals surface area (Å²) in [5.74, 6) is -1.10. The first kappa shape index (κ1) is 28.5. The van der Waals surface area contributed by atoms with Gasteiger partial charge in [-0.05, 0) is 44.6 Å². The average molecular weight is 585 g/mol. The zero-order valence-electron chi connectivity index (χ0n) is 23.0. The second-order valence-electron chi connectivity index (χ2n) is 9.93. The van der Waals surface area contributed by atoms with Crippen molar-refractivity contribution in [3.8, 4) is 17.4 Å². The Bertz CT molecular complexity index is 1490. The number of hydrogen-bond donors (Lipinski definition) is 3. The van der Waals surface area contributed by atoms with Crippen molar-refractivity contribution in [2.75, 3.05) is 39.7 Å². The molecule has 1 fully saturated rings. The van der Waals surface area contributed by atoms with Crippen LogP contribution < -0.4 is 25.4 Å². The molecule has 3 aromatic rings. The van der Waals surface area contributed by atoms with Gasteiger partial charge in [-0.25, -0.2) is 9.37 Å². The van der Waals surface area contributed by atoms with Gasteiger partial charge < -0.3 is 35.1 Å². The molecule has 11 nitrogen and oxygen atoms in total. The van der Waals surface area contributed by atoms with E-state index in [2.05, 4.69) is 30.8 Å². The van der Waals surface area contributed by atoms with Crippen molar-refractivity contribution < 1.29 is 28.2 Å². The van der Waals surface area contributed by atoms with Crippen LogP contribution in [0.15, 0.2) is 36.5 Å². The van der Waals surface area contributed by atoms with Crippen LogP contribution in [0.1, 0.15) is 45.7 Å². The lowest BCUT2D eigenvalue weighted by molar-refractivity contribution is 0.0141. The number of benzene rings is 2. The lowest BCUT2D eigenvalue weighted by Gasteiger charge is -2.36. The second-order valence-corrected chi connectivity index (χ2v) is 10.3. The zero-order valence-corrected chi connectivity index (χ0v) is 23.7. The number of aromatic nitrogens is 2. The van der Waals surface area contributed by atoms with Crippen molar-refractivity contribution >= 4 is 35.1 Å². The topological polar surface area (TPSA) is 127 Å². The molecular formula is C28H30ClFN6O5. The molecule has 1 unspecified atom stereocenters. The highest BCUT2D eigenvalue weighted by molar-refractivity contribution is 6.31. The Labute approximate surface area is 241 Å². The van der Waals surface area contributed by atoms with E-state index in [0.29, 0.717) is 18.5 Å². The Kier molecular flexibility index (Phi) is 8.25. The summed E-state index contributed by atoms with van der Waals surface area (Å²) >= 11 is 6.29. The number of carbonyl (C=O) groups is 2. The Hall–Kier alpha value is -4.00. The van der Waals surface area contributed by atoms with E-state index in [1.807, 2.05) is 20.0 Å². The maximum absolute atomic E-state index is 15.2. The van der Waals surface area contributed by atoms with Gasteiger partial charge in [0.25, 0.3) is 11.8 Å². The molecule has 0 radical (unpaired) electrons. The molecule has 3 heterocycles. The number of nitrogens with zero attached hydrogens (tertiary/aromatic N) is 3. The van der Waals surface area contributed by atoms with E-state index in [0.717, 1.165) is 18.2 Å². The number of carbonyl (C=O) groups excluding carboxylic acids is 2. The molecule has 1 aromatic heterocycles. The maximum atomic E-state index is 15.2. The molecule has 216 valence electrons. The third-order valence-corrected chi connectivity index (χ3v) is 7.44. The number of fused-ring (bicyclic) bond motifs is 1. The molecule has 3 atom stereocenters. The van der Waals surface area contributed by atoms with E-state index in [1.54, 1.807) is 19.2 Å². The summed E-state index contributed by atoms with van der Waals surface area (Å²) in [6.07, 6.45) is 1.78. The van der Waals surface area contributed by atoms with E-state index in [9.17, 15) is 9.59 Å². The third kappa shape index (κ3) is 5.90. The first-order valence-electron chi connectivity index (χ1n) is 13.0. The highest BCUT2D eigenvalue weighted by atomic mass is 35.5. The SMILES string of the molecule is COc1cc(C(=O)NC2CCN(C)C[C@@H]2OC)c(F)cc1Nc1ncc(Cl)c(Oc2cccc3c2C(=O)N[C@@H]3C)n1. The molecule has 41 heavy (non-hydrogen) atoms. The largest absolute Gasteiger partial charge is 0.495 e. The van der Waals surface area contributed by atoms with Gasteiger partial charge in [0, 0.05) is 19.7 Å². The van der Waals surface area contributed by atoms with Gasteiger partial charge in [-0.1, -0.05) is 23.7 Å². The Morgan fingerprint density at radius 2 is 2.05 bits per heavy atom. The molecule has 5 rings (SSSR count). The van der Waals surface area contributed by atoms with Crippen LogP contribution in [0.25, 0.3) is 0 Å². The number of methoxy groups -OCH3 is 2. The van der Waals surface area contributed by atoms with Crippen LogP contribution >= 0.6 is 11.6 Å². The summed E-state index contributed by atoms with van der Waals surface area (Å²) in [5, 5.41) is 8.73. The Balaban J connectivity index is 1.36. The Morgan fingerprint density at radius 3 is 2.80 bits per heavy atom. The molecule has 2 aromatic carbocycles. The molecule has 2 aliphatic heterocycles. The van der Waals surface area contributed by atoms with E-state index in [-0.39, 0.29) is 63.7 Å². The van der Waals surface area contributed by atoms with E-state index >= 15 is 4.39 Å². The number of anilines is 2. The van der Waals surface area contributed by atoms with Crippen molar-refractivity contribution in [1.82, 2.24) is 25.5 Å². The molecule has 2 amide bonds. The highest BCUT2D eigenvalue weighted by Gasteiger charge is 2.31. The number of ether oxygens (including phenoxy) is 3. The average Bonchev–Trinajstić information content (AvgIpc) is 3.25. The highest BCUT2D eigenvalue weighted by Crippen LogP contribution is 2.37. The molecule has 0 bridgehead atoms. The predicted molar refractivity (Wildman–Crippen MR) is 150 cm³/mol. The predicted octanol–water partition coefficient (Wildman–Crippen LogP) is 4.07. The Morgan fingerprint density at radius 1 is 1.24 bits per heavy atom. The molecule has 0 saturated carbocycles. The van der Waals surface area contributed by atoms with Gasteiger partial charge in [-0.15, -0.1) is 0 Å². The van der Waals surface area contributed by atoms with Gasteiger partial charge in [0.05, 0.1) is 48.3 Å². The van der Waals surface area contributed by atoms with Crippen LogP contribution in [-0.2, 0) is 4.74 Å². The molecule has 13 heteroatoms. The molecule has 0 aliphatic carbocycles. The normalized spacial score (nSPS) is 20.2. The fourth-order valence-corrected chi connectivity index (χ4v) is 5.14. The number of hydrogen-bond acceptors (Lipinski definition) is 9. The van der Waals surface area contributed by atoms with Crippen molar-refractivity contribution in [3.63, 3.8) is 0 Å². The second kappa shape index (κ2) is 11.9. The van der Waals surface area contributed by atoms with E-state index < -0.39 is 11.7 Å². The minimum atomic E-state index is -0.766. The fourth-order valence-electron chi connectivity index (χ4n) is 5.01. The van der Waals surface area contributed by atoms with E-state index in [4.69, 9.17) is 25.8 Å². The number of rotatable bonds is 8. The number of piperidine rings is 1. The lowest BCUT2D eigenvalue weighted by atomic mass is 10.0. The van der Waals surface area contributed by atoms with Crippen LogP contribution in [0.2, 0.25) is 5.02 Å². The lowest BCUT2D eigenvalue weighted by Crippen LogP contribution is -2.53. The van der Waals surface area contributed by atoms with Gasteiger partial charge in [0.1, 0.15) is 22.3 Å². The zero-order chi connectivity index (χ0) is 29.3. The van der Waals surface area contributed by atoms with Crippen LogP contribution in [0.4, 0.5) is 16.0 Å². The number of halogens is 2. The van der Waals surface area contributed by atoms with Crippen LogP contribution in [0.5, 0.6) is 17.4 Å². The monoisotopic (exact) mass is 584 g/mol. The molecule has 2 aliphatic rings. The van der Waals surface area contributed by atoms with Crippen LogP contribution in [0.3, 0.4) is 0 Å². The fraction of sp³-hybridized carbons (Fsp3) is 0.357. The summed E-state index contributed by atoms with van der Waals surface area (Å²) < 4.78 is 32.1. The standard InChI is InChI=1S/C28H30ClFN6O5/c1-14-15-6-5-7-21(24(15)26(38)32-14)41-27-17(29)12-31-28(35-27)34-20-11-18(30)16(10-22(20)39-3)25(37)33-19-8-9-36(2)13-23(19)40-4/h5-7,10-12,14,19,23H,8-9,13H2,1-4H3,(H,32,38)(H,33,37)(H,31,34,35)/t14-,19?,23+/m1/s1. The molecular weight excluding hydrogens is 555 g/mol. The van der Waals surface area contributed by atoms with E-state index in [1.165, 1.54) is 19.4 Å². The van der Waals surface area contributed by atoms with Crippen LogP contribution in [-0.4, -0.2) is 73.2 Å². The smallest absolute Gasteiger partial charge is 0.255 e. The van der Waals surface area contributed by atoms with Crippen molar-refractivity contribution in [2.24, 2.45) is 0 Å². The summed E-state index contributed by atoms with van der Waals surface area (Å²) in [6, 6.07) is 7.28. The van der Waals surface area contributed by atoms with Gasteiger partial charge in [0.2, 0.25) is 11.8 Å². The summed E-state index contributed by atoms with van der Waals surface area (Å²) in [5.41, 5.74) is 1.21. The first-order chi connectivity index (χ1) is 19.7. The number of nitrogens with one attached hydrogen (secondary N) is 3. The number of likely N-dealkylation sites (tertiary alicyclic amines) is 1. The quantitative estimate of drug-likeness (QED) is 0.359. The summed E-state index contributed by atoms with van der Waals surface area (Å²) in [4.78, 5) is 36.0. The maximum Gasteiger partial charge on any atom is 0.255 e. The van der Waals surface area contributed by atoms with Crippen molar-refractivity contribution in [1.29, 1.82) is 0 Å². The van der Waals surface area contributed by atoms with Gasteiger partial charge in [-0.2, -0.15) is 4.98 Å². The molecule has 0 spiro atoms. The van der Waals surface area contributed by atoms with Crippen molar-refractivity contribution in [3.05, 3.63) is 64.1 Å². The van der Waals surface area contributed by atoms with Gasteiger partial charge in [0.15, 0.2) is 0 Å². The molecule has 1 saturated heterocycles. The molecule has 3 N–H and O–H groups in total. The third-order valence-electron chi connectivity index (χ3n) is 7.18. The first-order valence-corrected chi connectivity index (χ1v) is 13.4. The van der Waals surface area contributed by atoms with Gasteiger partial charge in [-0.3, -0.25) is 9.59 Å². The van der Waals surface area contributed by atoms with Gasteiger partial charge >= 0.3 is 0 Å².